The number of esters is 2. The third kappa shape index (κ3) is 0.682. The third-order valence-electron chi connectivity index (χ3n) is 2.73. The molecule has 1 unspecified atom stereocenters. The van der Waals surface area contributed by atoms with Crippen molar-refractivity contribution < 1.29 is 14.3 Å². The molecule has 2 rings (SSSR count). The Morgan fingerprint density at radius 3 is 2.36 bits per heavy atom. The van der Waals surface area contributed by atoms with Crippen LogP contribution in [0.2, 0.25) is 0 Å². The second-order valence-electron chi connectivity index (χ2n) is 3.61. The highest BCUT2D eigenvalue weighted by molar-refractivity contribution is 6.14. The minimum Gasteiger partial charge on any atom is -0.391 e. The zero-order chi connectivity index (χ0) is 8.06. The maximum Gasteiger partial charge on any atom is 0.331 e. The first kappa shape index (κ1) is 6.83. The lowest BCUT2D eigenvalue weighted by Crippen LogP contribution is -2.51. The van der Waals surface area contributed by atoms with Crippen molar-refractivity contribution in [1.82, 2.24) is 0 Å². The minimum absolute atomic E-state index is 0.299. The smallest absolute Gasteiger partial charge is 0.331 e. The van der Waals surface area contributed by atoms with Gasteiger partial charge in [-0.25, -0.2) is 0 Å². The summed E-state index contributed by atoms with van der Waals surface area (Å²) in [5.41, 5.74) is -0.695. The van der Waals surface area contributed by atoms with Crippen molar-refractivity contribution in [2.45, 2.75) is 26.2 Å². The molecule has 0 aromatic carbocycles. The molecule has 0 radical (unpaired) electrons. The van der Waals surface area contributed by atoms with Crippen molar-refractivity contribution >= 4 is 11.9 Å². The highest BCUT2D eigenvalue weighted by atomic mass is 16.6. The van der Waals surface area contributed by atoms with E-state index in [1.807, 2.05) is 0 Å². The maximum absolute atomic E-state index is 11.0. The molecule has 1 saturated heterocycles. The van der Waals surface area contributed by atoms with E-state index < -0.39 is 5.41 Å². The van der Waals surface area contributed by atoms with Crippen LogP contribution in [0.3, 0.4) is 0 Å². The molecule has 0 N–H and O–H groups in total. The molecule has 1 heterocycles. The predicted molar refractivity (Wildman–Crippen MR) is 36.5 cm³/mol. The fourth-order valence-electron chi connectivity index (χ4n) is 1.98. The molecule has 1 spiro atoms. The minimum atomic E-state index is -0.695. The highest BCUT2D eigenvalue weighted by Gasteiger charge is 2.61. The molecule has 1 atom stereocenters. The predicted octanol–water partition coefficient (Wildman–Crippen LogP) is 0.876. The zero-order valence-corrected chi connectivity index (χ0v) is 6.42. The summed E-state index contributed by atoms with van der Waals surface area (Å²) in [6.07, 6.45) is 2.37. The molecule has 1 aliphatic heterocycles. The van der Waals surface area contributed by atoms with Crippen LogP contribution in [-0.2, 0) is 14.3 Å². The van der Waals surface area contributed by atoms with Gasteiger partial charge in [-0.1, -0.05) is 6.92 Å². The summed E-state index contributed by atoms with van der Waals surface area (Å²) < 4.78 is 4.35. The Morgan fingerprint density at radius 1 is 1.45 bits per heavy atom. The van der Waals surface area contributed by atoms with Crippen LogP contribution in [0, 0.1) is 11.3 Å². The molecule has 11 heavy (non-hydrogen) atoms. The van der Waals surface area contributed by atoms with Gasteiger partial charge in [0.2, 0.25) is 0 Å². The number of cyclic esters (lactones) is 2. The Morgan fingerprint density at radius 2 is 2.09 bits per heavy atom. The summed E-state index contributed by atoms with van der Waals surface area (Å²) >= 11 is 0. The Balaban J connectivity index is 2.23. The van der Waals surface area contributed by atoms with Gasteiger partial charge >= 0.3 is 11.9 Å². The van der Waals surface area contributed by atoms with Crippen LogP contribution >= 0.6 is 0 Å². The Labute approximate surface area is 64.7 Å². The molecule has 3 heteroatoms. The van der Waals surface area contributed by atoms with Gasteiger partial charge in [0, 0.05) is 0 Å². The molecule has 2 aliphatic rings. The van der Waals surface area contributed by atoms with E-state index in [0.717, 1.165) is 6.42 Å². The fourth-order valence-corrected chi connectivity index (χ4v) is 1.98. The summed E-state index contributed by atoms with van der Waals surface area (Å²) in [6, 6.07) is 0. The molecular weight excluding hydrogens is 144 g/mol. The normalized spacial score (nSPS) is 33.7. The lowest BCUT2D eigenvalue weighted by molar-refractivity contribution is -0.196. The van der Waals surface area contributed by atoms with Crippen LogP contribution in [0.15, 0.2) is 0 Å². The van der Waals surface area contributed by atoms with Gasteiger partial charge in [-0.05, 0) is 25.2 Å². The van der Waals surface area contributed by atoms with E-state index in [-0.39, 0.29) is 11.9 Å². The summed E-state index contributed by atoms with van der Waals surface area (Å²) in [6.45, 7) is 2.06. The van der Waals surface area contributed by atoms with E-state index in [4.69, 9.17) is 0 Å². The van der Waals surface area contributed by atoms with E-state index in [0.29, 0.717) is 18.8 Å². The van der Waals surface area contributed by atoms with E-state index in [9.17, 15) is 9.59 Å². The molecule has 1 aliphatic carbocycles. The van der Waals surface area contributed by atoms with Crippen molar-refractivity contribution in [3.8, 4) is 0 Å². The fraction of sp³-hybridized carbons (Fsp3) is 0.750. The van der Waals surface area contributed by atoms with E-state index in [1.165, 1.54) is 0 Å². The van der Waals surface area contributed by atoms with Crippen molar-refractivity contribution in [1.29, 1.82) is 0 Å². The monoisotopic (exact) mass is 154 g/mol. The Kier molecular flexibility index (Phi) is 1.14. The second kappa shape index (κ2) is 1.84. The number of hydrogen-bond acceptors (Lipinski definition) is 3. The Hall–Kier alpha value is -0.860. The molecule has 60 valence electrons. The maximum atomic E-state index is 11.0. The lowest BCUT2D eigenvalue weighted by Gasteiger charge is -2.32. The molecule has 3 nitrogen and oxygen atoms in total. The number of carbonyl (C=O) groups is 2. The van der Waals surface area contributed by atoms with Crippen molar-refractivity contribution in [2.24, 2.45) is 11.3 Å². The molecule has 0 aromatic heterocycles. The van der Waals surface area contributed by atoms with Gasteiger partial charge in [0.1, 0.15) is 0 Å². The summed E-state index contributed by atoms with van der Waals surface area (Å²) in [5, 5.41) is 0. The van der Waals surface area contributed by atoms with E-state index in [2.05, 4.69) is 11.7 Å². The van der Waals surface area contributed by atoms with Crippen LogP contribution in [0.5, 0.6) is 0 Å². The highest BCUT2D eigenvalue weighted by Crippen LogP contribution is 2.48. The zero-order valence-electron chi connectivity index (χ0n) is 6.42. The van der Waals surface area contributed by atoms with Gasteiger partial charge in [-0.3, -0.25) is 9.59 Å². The molecular formula is C8H10O3. The quantitative estimate of drug-likeness (QED) is 0.384. The molecule has 0 amide bonds. The van der Waals surface area contributed by atoms with Crippen LogP contribution in [0.4, 0.5) is 0 Å². The van der Waals surface area contributed by atoms with Gasteiger partial charge in [0.15, 0.2) is 5.41 Å². The van der Waals surface area contributed by atoms with E-state index >= 15 is 0 Å². The number of hydrogen-bond donors (Lipinski definition) is 0. The summed E-state index contributed by atoms with van der Waals surface area (Å²) in [5.74, 6) is -0.106. The van der Waals surface area contributed by atoms with Crippen molar-refractivity contribution in [2.75, 3.05) is 0 Å². The molecule has 0 aromatic rings. The number of ether oxygens (including phenoxy) is 1. The SMILES string of the molecule is CC1CCC2(C1)C(=O)OC2=O. The van der Waals surface area contributed by atoms with Gasteiger partial charge < -0.3 is 4.74 Å². The summed E-state index contributed by atoms with van der Waals surface area (Å²) in [7, 11) is 0. The van der Waals surface area contributed by atoms with Crippen LogP contribution < -0.4 is 0 Å². The van der Waals surface area contributed by atoms with Gasteiger partial charge in [-0.2, -0.15) is 0 Å². The average molecular weight is 154 g/mol. The van der Waals surface area contributed by atoms with Gasteiger partial charge in [0.25, 0.3) is 0 Å². The first-order chi connectivity index (χ1) is 5.15. The first-order valence-corrected chi connectivity index (χ1v) is 3.92. The summed E-state index contributed by atoms with van der Waals surface area (Å²) in [4.78, 5) is 21.9. The standard InChI is InChI=1S/C8H10O3/c1-5-2-3-8(4-5)6(9)11-7(8)10/h5H,2-4H2,1H3. The first-order valence-electron chi connectivity index (χ1n) is 3.92. The lowest BCUT2D eigenvalue weighted by atomic mass is 9.82. The van der Waals surface area contributed by atoms with Crippen LogP contribution in [-0.4, -0.2) is 11.9 Å². The van der Waals surface area contributed by atoms with E-state index in [1.54, 1.807) is 0 Å². The van der Waals surface area contributed by atoms with Gasteiger partial charge in [0.05, 0.1) is 0 Å². The topological polar surface area (TPSA) is 43.4 Å². The van der Waals surface area contributed by atoms with Gasteiger partial charge in [-0.15, -0.1) is 0 Å². The van der Waals surface area contributed by atoms with Crippen molar-refractivity contribution in [3.63, 3.8) is 0 Å². The number of rotatable bonds is 0. The number of carbonyl (C=O) groups excluding carboxylic acids is 2. The van der Waals surface area contributed by atoms with Crippen molar-refractivity contribution in [3.05, 3.63) is 0 Å². The Bertz CT molecular complexity index is 217. The largest absolute Gasteiger partial charge is 0.391 e. The second-order valence-corrected chi connectivity index (χ2v) is 3.61. The molecule has 1 saturated carbocycles. The third-order valence-corrected chi connectivity index (χ3v) is 2.73. The van der Waals surface area contributed by atoms with Crippen LogP contribution in [0.1, 0.15) is 26.2 Å². The molecule has 0 bridgehead atoms. The molecule has 2 fully saturated rings. The van der Waals surface area contributed by atoms with Crippen LogP contribution in [0.25, 0.3) is 0 Å². The average Bonchev–Trinajstić information content (AvgIpc) is 2.35.